The van der Waals surface area contributed by atoms with Crippen molar-refractivity contribution in [2.24, 2.45) is 21.7 Å². The quantitative estimate of drug-likeness (QED) is 0.318. The van der Waals surface area contributed by atoms with Gasteiger partial charge in [-0.2, -0.15) is 0 Å². The van der Waals surface area contributed by atoms with Gasteiger partial charge in [-0.3, -0.25) is 9.59 Å². The summed E-state index contributed by atoms with van der Waals surface area (Å²) in [4.78, 5) is 49.8. The highest BCUT2D eigenvalue weighted by Crippen LogP contribution is 2.15. The molecule has 13 heteroatoms. The molecule has 0 aromatic carbocycles. The fourth-order valence-electron chi connectivity index (χ4n) is 0.813. The lowest BCUT2D eigenvalue weighted by atomic mass is 9.96. The summed E-state index contributed by atoms with van der Waals surface area (Å²) < 4.78 is 0. The average molecular weight is 308 g/mol. The Hall–Kier alpha value is -3.09. The van der Waals surface area contributed by atoms with Crippen molar-refractivity contribution in [3.05, 3.63) is 0 Å². The molecule has 0 saturated carbocycles. The zero-order valence-corrected chi connectivity index (χ0v) is 10.3. The number of carboxylic acid groups (broad SMARTS) is 3. The fourth-order valence-corrected chi connectivity index (χ4v) is 0.813. The predicted octanol–water partition coefficient (Wildman–Crippen LogP) is -1.65. The topological polar surface area (TPSA) is 243 Å². The van der Waals surface area contributed by atoms with Crippen LogP contribution in [0.5, 0.6) is 0 Å². The van der Waals surface area contributed by atoms with Crippen molar-refractivity contribution in [2.75, 3.05) is 0 Å². The van der Waals surface area contributed by atoms with E-state index in [0.717, 1.165) is 0 Å². The molecule has 0 unspecified atom stereocenters. The van der Waals surface area contributed by atoms with Gasteiger partial charge in [0.25, 0.3) is 0 Å². The number of aliphatic hydroxyl groups is 1. The van der Waals surface area contributed by atoms with E-state index in [1.165, 1.54) is 0 Å². The minimum absolute atomic E-state index is 1.04. The molecular formula is C8H12N4O9. The molecule has 0 aliphatic rings. The highest BCUT2D eigenvalue weighted by molar-refractivity contribution is 5.88. The number of hydrogen-bond acceptors (Lipinski definition) is 6. The van der Waals surface area contributed by atoms with Crippen LogP contribution in [0, 0.1) is 0 Å². The minimum atomic E-state index is -2.74. The highest BCUT2D eigenvalue weighted by atomic mass is 16.4. The molecule has 0 fully saturated rings. The first-order chi connectivity index (χ1) is 9.40. The number of hydrogen-bond donors (Lipinski definition) is 6. The van der Waals surface area contributed by atoms with Gasteiger partial charge in [-0.25, -0.2) is 14.4 Å². The molecule has 0 bridgehead atoms. The van der Waals surface area contributed by atoms with Crippen LogP contribution in [-0.2, 0) is 14.4 Å². The Morgan fingerprint density at radius 3 is 1.24 bits per heavy atom. The van der Waals surface area contributed by atoms with Gasteiger partial charge >= 0.3 is 30.0 Å². The Morgan fingerprint density at radius 2 is 1.10 bits per heavy atom. The number of azo groups is 1. The smallest absolute Gasteiger partial charge is 0.357 e. The SMILES string of the molecule is NC(=O)/N=N/C(N)=O.O=C(O)CC(O)(CC(=O)O)C(=O)O. The molecule has 0 aliphatic heterocycles. The number of nitrogens with two attached hydrogens (primary N) is 2. The third kappa shape index (κ3) is 11.7. The van der Waals surface area contributed by atoms with Crippen molar-refractivity contribution in [3.63, 3.8) is 0 Å². The summed E-state index contributed by atoms with van der Waals surface area (Å²) in [7, 11) is 0. The van der Waals surface area contributed by atoms with Gasteiger partial charge in [-0.15, -0.1) is 0 Å². The Kier molecular flexibility index (Phi) is 8.59. The van der Waals surface area contributed by atoms with Crippen molar-refractivity contribution < 1.29 is 44.4 Å². The van der Waals surface area contributed by atoms with Gasteiger partial charge < -0.3 is 31.9 Å². The van der Waals surface area contributed by atoms with Crippen LogP contribution in [0.25, 0.3) is 0 Å². The summed E-state index contributed by atoms with van der Waals surface area (Å²) >= 11 is 0. The number of carboxylic acids is 3. The van der Waals surface area contributed by atoms with E-state index in [0.29, 0.717) is 0 Å². The van der Waals surface area contributed by atoms with E-state index in [1.807, 2.05) is 0 Å². The summed E-state index contributed by atoms with van der Waals surface area (Å²) in [6.07, 6.45) is -2.29. The number of primary amides is 2. The van der Waals surface area contributed by atoms with Crippen LogP contribution < -0.4 is 11.5 Å². The van der Waals surface area contributed by atoms with E-state index >= 15 is 0 Å². The molecule has 0 heterocycles. The maximum atomic E-state index is 10.3. The van der Waals surface area contributed by atoms with Crippen LogP contribution in [0.1, 0.15) is 12.8 Å². The number of carbonyl (C=O) groups is 5. The lowest BCUT2D eigenvalue weighted by Crippen LogP contribution is -2.42. The molecule has 0 spiro atoms. The highest BCUT2D eigenvalue weighted by Gasteiger charge is 2.40. The monoisotopic (exact) mass is 308 g/mol. The Labute approximate surface area is 115 Å². The molecule has 8 N–H and O–H groups in total. The molecule has 118 valence electrons. The Morgan fingerprint density at radius 1 is 0.810 bits per heavy atom. The zero-order chi connectivity index (χ0) is 17.2. The molecule has 0 aliphatic carbocycles. The van der Waals surface area contributed by atoms with E-state index < -0.39 is 48.4 Å². The van der Waals surface area contributed by atoms with Crippen LogP contribution in [0.3, 0.4) is 0 Å². The van der Waals surface area contributed by atoms with Gasteiger partial charge in [0, 0.05) is 0 Å². The Balaban J connectivity index is 0. The van der Waals surface area contributed by atoms with Crippen LogP contribution in [0.15, 0.2) is 10.2 Å². The van der Waals surface area contributed by atoms with Gasteiger partial charge in [0.1, 0.15) is 0 Å². The summed E-state index contributed by atoms with van der Waals surface area (Å²) in [5.74, 6) is -5.02. The summed E-state index contributed by atoms with van der Waals surface area (Å²) in [6.45, 7) is 0. The molecule has 0 aromatic heterocycles. The van der Waals surface area contributed by atoms with Crippen molar-refractivity contribution in [1.82, 2.24) is 0 Å². The lowest BCUT2D eigenvalue weighted by molar-refractivity contribution is -0.170. The summed E-state index contributed by atoms with van der Waals surface area (Å²) in [5.41, 5.74) is 6.13. The fraction of sp³-hybridized carbons (Fsp3) is 0.375. The number of rotatable bonds is 5. The normalized spacial score (nSPS) is 10.3. The van der Waals surface area contributed by atoms with Gasteiger partial charge in [-0.1, -0.05) is 10.2 Å². The summed E-state index contributed by atoms with van der Waals surface area (Å²) in [6, 6.07) is -2.08. The van der Waals surface area contributed by atoms with E-state index in [1.54, 1.807) is 0 Å². The average Bonchev–Trinajstić information content (AvgIpc) is 2.24. The van der Waals surface area contributed by atoms with Crippen LogP contribution in [0.2, 0.25) is 0 Å². The van der Waals surface area contributed by atoms with Crippen LogP contribution in [-0.4, -0.2) is 56.0 Å². The molecule has 0 rings (SSSR count). The molecule has 0 radical (unpaired) electrons. The number of amides is 4. The van der Waals surface area contributed by atoms with Crippen molar-refractivity contribution >= 4 is 30.0 Å². The lowest BCUT2D eigenvalue weighted by Gasteiger charge is -2.18. The number of urea groups is 2. The maximum absolute atomic E-state index is 10.3. The van der Waals surface area contributed by atoms with Crippen LogP contribution >= 0.6 is 0 Å². The predicted molar refractivity (Wildman–Crippen MR) is 61.1 cm³/mol. The van der Waals surface area contributed by atoms with Gasteiger partial charge in [0.15, 0.2) is 5.60 Å². The summed E-state index contributed by atoms with van der Waals surface area (Å²) in [5, 5.41) is 39.0. The molecule has 4 amide bonds. The molecular weight excluding hydrogens is 296 g/mol. The number of nitrogens with zero attached hydrogens (tertiary/aromatic N) is 2. The first-order valence-electron chi connectivity index (χ1n) is 4.80. The second-order valence-corrected chi connectivity index (χ2v) is 3.35. The van der Waals surface area contributed by atoms with E-state index in [9.17, 15) is 24.0 Å². The molecule has 0 atom stereocenters. The number of carbonyl (C=O) groups excluding carboxylic acids is 2. The molecule has 21 heavy (non-hydrogen) atoms. The van der Waals surface area contributed by atoms with Crippen molar-refractivity contribution in [1.29, 1.82) is 0 Å². The first-order valence-corrected chi connectivity index (χ1v) is 4.80. The first kappa shape index (κ1) is 20.2. The van der Waals surface area contributed by atoms with Crippen molar-refractivity contribution in [3.8, 4) is 0 Å². The third-order valence-corrected chi connectivity index (χ3v) is 1.53. The maximum Gasteiger partial charge on any atom is 0.357 e. The Bertz CT molecular complexity index is 440. The van der Waals surface area contributed by atoms with Gasteiger partial charge in [0.05, 0.1) is 12.8 Å². The van der Waals surface area contributed by atoms with Gasteiger partial charge in [-0.05, 0) is 0 Å². The second kappa shape index (κ2) is 8.92. The standard InChI is InChI=1S/C6H8O7.C2H4N4O2/c7-3(8)1-6(13,5(11)12)2-4(9)10;3-1(7)5-6-2(4)8/h13H,1-2H2,(H,7,8)(H,9,10)(H,11,12);(H2,3,7)(H2,4,8)/b;6-5+. The third-order valence-electron chi connectivity index (χ3n) is 1.53. The van der Waals surface area contributed by atoms with Crippen molar-refractivity contribution in [2.45, 2.75) is 18.4 Å². The molecule has 13 nitrogen and oxygen atoms in total. The largest absolute Gasteiger partial charge is 0.481 e. The zero-order valence-electron chi connectivity index (χ0n) is 10.3. The van der Waals surface area contributed by atoms with E-state index in [-0.39, 0.29) is 0 Å². The molecule has 0 saturated heterocycles. The number of aliphatic carboxylic acids is 3. The van der Waals surface area contributed by atoms with Gasteiger partial charge in [0.2, 0.25) is 0 Å². The molecule has 0 aromatic rings. The van der Waals surface area contributed by atoms with Crippen LogP contribution in [0.4, 0.5) is 9.59 Å². The minimum Gasteiger partial charge on any atom is -0.481 e. The van der Waals surface area contributed by atoms with E-state index in [2.05, 4.69) is 21.7 Å². The second-order valence-electron chi connectivity index (χ2n) is 3.35. The van der Waals surface area contributed by atoms with E-state index in [4.69, 9.17) is 20.4 Å².